The molecule has 1 aromatic heterocycles. The molecule has 108 valence electrons. The zero-order valence-electron chi connectivity index (χ0n) is 12.1. The number of nitrogens with zero attached hydrogens (tertiary/aromatic N) is 3. The van der Waals surface area contributed by atoms with Crippen LogP contribution in [0.1, 0.15) is 11.3 Å². The van der Waals surface area contributed by atoms with Crippen LogP contribution < -0.4 is 15.5 Å². The van der Waals surface area contributed by atoms with E-state index in [2.05, 4.69) is 46.1 Å². The van der Waals surface area contributed by atoms with Crippen molar-refractivity contribution in [3.63, 3.8) is 0 Å². The molecule has 0 fully saturated rings. The zero-order chi connectivity index (χ0) is 14.8. The normalized spacial score (nSPS) is 14.0. The molecule has 3 rings (SSSR count). The molecule has 3 N–H and O–H groups in total. The summed E-state index contributed by atoms with van der Waals surface area (Å²) >= 11 is 0. The van der Waals surface area contributed by atoms with E-state index in [-0.39, 0.29) is 5.84 Å². The minimum Gasteiger partial charge on any atom is -0.382 e. The van der Waals surface area contributed by atoms with Crippen molar-refractivity contribution in [3.05, 3.63) is 53.9 Å². The van der Waals surface area contributed by atoms with Crippen LogP contribution in [0.15, 0.2) is 42.6 Å². The standard InChI is InChI=1S/C16H19N5/c1-20-9-10-21(14-7-3-2-6-13(14)20)11-12-5-4-8-19-15(12)16(17)18/h2-8H,9-11H2,1H3,(H3,17,18). The molecule has 0 saturated carbocycles. The molecular weight excluding hydrogens is 262 g/mol. The topological polar surface area (TPSA) is 69.2 Å². The third-order valence-corrected chi connectivity index (χ3v) is 3.85. The van der Waals surface area contributed by atoms with Gasteiger partial charge in [0.25, 0.3) is 0 Å². The van der Waals surface area contributed by atoms with Gasteiger partial charge in [-0.15, -0.1) is 0 Å². The summed E-state index contributed by atoms with van der Waals surface area (Å²) < 4.78 is 0. The van der Waals surface area contributed by atoms with E-state index in [9.17, 15) is 0 Å². The SMILES string of the molecule is CN1CCN(Cc2cccnc2C(=N)N)c2ccccc21. The van der Waals surface area contributed by atoms with Crippen LogP contribution in [0.4, 0.5) is 11.4 Å². The molecule has 0 atom stereocenters. The smallest absolute Gasteiger partial charge is 0.142 e. The number of pyridine rings is 1. The Balaban J connectivity index is 1.93. The highest BCUT2D eigenvalue weighted by atomic mass is 15.2. The van der Waals surface area contributed by atoms with Gasteiger partial charge in [0.2, 0.25) is 0 Å². The third-order valence-electron chi connectivity index (χ3n) is 3.85. The number of amidine groups is 1. The maximum absolute atomic E-state index is 7.66. The van der Waals surface area contributed by atoms with E-state index in [1.165, 1.54) is 11.4 Å². The number of benzene rings is 1. The molecule has 0 unspecified atom stereocenters. The second-order valence-electron chi connectivity index (χ2n) is 5.26. The van der Waals surface area contributed by atoms with E-state index in [4.69, 9.17) is 11.1 Å². The molecule has 5 heteroatoms. The Kier molecular flexibility index (Phi) is 3.48. The first kappa shape index (κ1) is 13.4. The molecular formula is C16H19N5. The van der Waals surface area contributed by atoms with E-state index in [1.54, 1.807) is 6.20 Å². The zero-order valence-corrected chi connectivity index (χ0v) is 12.1. The van der Waals surface area contributed by atoms with Gasteiger partial charge in [0, 0.05) is 38.4 Å². The van der Waals surface area contributed by atoms with E-state index in [0.717, 1.165) is 18.7 Å². The molecule has 2 aromatic rings. The Bertz CT molecular complexity index is 667. The van der Waals surface area contributed by atoms with Gasteiger partial charge in [-0.05, 0) is 18.2 Å². The van der Waals surface area contributed by atoms with Gasteiger partial charge in [0.15, 0.2) is 0 Å². The minimum atomic E-state index is 0.0213. The number of hydrogen-bond acceptors (Lipinski definition) is 4. The van der Waals surface area contributed by atoms with Crippen LogP contribution in [0.25, 0.3) is 0 Å². The van der Waals surface area contributed by atoms with Crippen LogP contribution in [0.3, 0.4) is 0 Å². The quantitative estimate of drug-likeness (QED) is 0.665. The number of likely N-dealkylation sites (N-methyl/N-ethyl adjacent to an activating group) is 1. The fourth-order valence-electron chi connectivity index (χ4n) is 2.74. The van der Waals surface area contributed by atoms with Gasteiger partial charge in [0.05, 0.1) is 11.4 Å². The van der Waals surface area contributed by atoms with Crippen LogP contribution in [-0.4, -0.2) is 31.0 Å². The maximum atomic E-state index is 7.66. The van der Waals surface area contributed by atoms with Crippen LogP contribution >= 0.6 is 0 Å². The van der Waals surface area contributed by atoms with Crippen LogP contribution in [0.5, 0.6) is 0 Å². The van der Waals surface area contributed by atoms with Crippen molar-refractivity contribution in [1.82, 2.24) is 4.98 Å². The summed E-state index contributed by atoms with van der Waals surface area (Å²) in [5.74, 6) is 0.0213. The lowest BCUT2D eigenvalue weighted by atomic mass is 10.1. The molecule has 0 radical (unpaired) electrons. The average Bonchev–Trinajstić information content (AvgIpc) is 2.51. The maximum Gasteiger partial charge on any atom is 0.142 e. The lowest BCUT2D eigenvalue weighted by Crippen LogP contribution is -2.39. The second-order valence-corrected chi connectivity index (χ2v) is 5.26. The van der Waals surface area contributed by atoms with Crippen molar-refractivity contribution < 1.29 is 0 Å². The summed E-state index contributed by atoms with van der Waals surface area (Å²) in [7, 11) is 2.11. The van der Waals surface area contributed by atoms with Crippen molar-refractivity contribution in [2.75, 3.05) is 29.9 Å². The Morgan fingerprint density at radius 3 is 2.71 bits per heavy atom. The summed E-state index contributed by atoms with van der Waals surface area (Å²) in [5.41, 5.74) is 9.64. The van der Waals surface area contributed by atoms with E-state index < -0.39 is 0 Å². The van der Waals surface area contributed by atoms with Crippen molar-refractivity contribution in [2.45, 2.75) is 6.54 Å². The van der Waals surface area contributed by atoms with Crippen LogP contribution in [0.2, 0.25) is 0 Å². The van der Waals surface area contributed by atoms with Gasteiger partial charge in [-0.3, -0.25) is 10.4 Å². The molecule has 0 amide bonds. The van der Waals surface area contributed by atoms with Crippen molar-refractivity contribution in [3.8, 4) is 0 Å². The molecule has 1 aromatic carbocycles. The Morgan fingerprint density at radius 2 is 1.95 bits per heavy atom. The first-order valence-electron chi connectivity index (χ1n) is 7.00. The lowest BCUT2D eigenvalue weighted by Gasteiger charge is -2.37. The molecule has 0 saturated heterocycles. The number of rotatable bonds is 3. The molecule has 0 spiro atoms. The molecule has 2 heterocycles. The number of anilines is 2. The molecule has 0 bridgehead atoms. The van der Waals surface area contributed by atoms with Gasteiger partial charge in [-0.2, -0.15) is 0 Å². The highest BCUT2D eigenvalue weighted by Crippen LogP contribution is 2.32. The highest BCUT2D eigenvalue weighted by molar-refractivity contribution is 5.94. The first-order chi connectivity index (χ1) is 10.2. The van der Waals surface area contributed by atoms with Gasteiger partial charge in [-0.1, -0.05) is 18.2 Å². The fourth-order valence-corrected chi connectivity index (χ4v) is 2.74. The van der Waals surface area contributed by atoms with Gasteiger partial charge >= 0.3 is 0 Å². The second kappa shape index (κ2) is 5.44. The summed E-state index contributed by atoms with van der Waals surface area (Å²) in [5, 5.41) is 7.66. The number of fused-ring (bicyclic) bond motifs is 1. The number of para-hydroxylation sites is 2. The molecule has 0 aliphatic carbocycles. The third kappa shape index (κ3) is 2.54. The lowest BCUT2D eigenvalue weighted by molar-refractivity contribution is 0.732. The number of hydrogen-bond donors (Lipinski definition) is 2. The van der Waals surface area contributed by atoms with Crippen molar-refractivity contribution in [2.24, 2.45) is 5.73 Å². The molecule has 1 aliphatic rings. The van der Waals surface area contributed by atoms with Crippen molar-refractivity contribution >= 4 is 17.2 Å². The summed E-state index contributed by atoms with van der Waals surface area (Å²) in [6.07, 6.45) is 1.68. The number of aromatic nitrogens is 1. The summed E-state index contributed by atoms with van der Waals surface area (Å²) in [6.45, 7) is 2.64. The van der Waals surface area contributed by atoms with Gasteiger partial charge in [0.1, 0.15) is 11.5 Å². The molecule has 1 aliphatic heterocycles. The molecule has 5 nitrogen and oxygen atoms in total. The van der Waals surface area contributed by atoms with Crippen LogP contribution in [-0.2, 0) is 6.54 Å². The Hall–Kier alpha value is -2.56. The Morgan fingerprint density at radius 1 is 1.19 bits per heavy atom. The monoisotopic (exact) mass is 281 g/mol. The predicted octanol–water partition coefficient (Wildman–Crippen LogP) is 1.82. The van der Waals surface area contributed by atoms with E-state index >= 15 is 0 Å². The number of nitrogen functional groups attached to an aromatic ring is 1. The minimum absolute atomic E-state index is 0.0213. The highest BCUT2D eigenvalue weighted by Gasteiger charge is 2.21. The van der Waals surface area contributed by atoms with Gasteiger partial charge in [-0.25, -0.2) is 0 Å². The number of nitrogens with one attached hydrogen (secondary N) is 1. The first-order valence-corrected chi connectivity index (χ1v) is 7.00. The van der Waals surface area contributed by atoms with Crippen LogP contribution in [0, 0.1) is 5.41 Å². The largest absolute Gasteiger partial charge is 0.382 e. The predicted molar refractivity (Wildman–Crippen MR) is 86.0 cm³/mol. The van der Waals surface area contributed by atoms with E-state index in [0.29, 0.717) is 12.2 Å². The summed E-state index contributed by atoms with van der Waals surface area (Å²) in [4.78, 5) is 8.81. The average molecular weight is 281 g/mol. The van der Waals surface area contributed by atoms with Gasteiger partial charge < -0.3 is 15.5 Å². The summed E-state index contributed by atoms with van der Waals surface area (Å²) in [6, 6.07) is 12.3. The number of nitrogens with two attached hydrogens (primary N) is 1. The fraction of sp³-hybridized carbons (Fsp3) is 0.250. The molecule has 21 heavy (non-hydrogen) atoms. The van der Waals surface area contributed by atoms with Crippen molar-refractivity contribution in [1.29, 1.82) is 5.41 Å². The van der Waals surface area contributed by atoms with E-state index in [1.807, 2.05) is 12.1 Å². The Labute approximate surface area is 124 Å².